The molecule has 2 N–H and O–H groups in total. The Kier molecular flexibility index (Phi) is 5.12. The number of amides is 1. The van der Waals surface area contributed by atoms with Crippen LogP contribution in [0.3, 0.4) is 0 Å². The highest BCUT2D eigenvalue weighted by Gasteiger charge is 2.21. The summed E-state index contributed by atoms with van der Waals surface area (Å²) in [6.45, 7) is 1.98. The number of aromatic nitrogens is 4. The molecule has 3 heterocycles. The maximum Gasteiger partial charge on any atom is 0.259 e. The molecule has 8 nitrogen and oxygen atoms in total. The molecule has 146 valence electrons. The average Bonchev–Trinajstić information content (AvgIpc) is 3.35. The number of hydrogen-bond donors (Lipinski definition) is 2. The van der Waals surface area contributed by atoms with Crippen molar-refractivity contribution >= 4 is 11.6 Å². The summed E-state index contributed by atoms with van der Waals surface area (Å²) in [5.74, 6) is 0.452. The first-order valence-electron chi connectivity index (χ1n) is 9.39. The minimum absolute atomic E-state index is 0.223. The summed E-state index contributed by atoms with van der Waals surface area (Å²) in [6.07, 6.45) is 7.38. The Balaban J connectivity index is 1.57. The van der Waals surface area contributed by atoms with E-state index in [9.17, 15) is 4.79 Å². The number of hydrogen-bond acceptors (Lipinski definition) is 5. The number of nitrogens with zero attached hydrogens (tertiary/aromatic N) is 4. The molecule has 1 fully saturated rings. The lowest BCUT2D eigenvalue weighted by molar-refractivity contribution is 0.102. The fraction of sp³-hybridized carbons (Fsp3) is 0.350. The summed E-state index contributed by atoms with van der Waals surface area (Å²) in [4.78, 5) is 13.0. The molecule has 8 heteroatoms. The van der Waals surface area contributed by atoms with Crippen molar-refractivity contribution in [3.8, 4) is 17.0 Å². The van der Waals surface area contributed by atoms with Gasteiger partial charge in [0.25, 0.3) is 5.91 Å². The predicted molar refractivity (Wildman–Crippen MR) is 107 cm³/mol. The Morgan fingerprint density at radius 3 is 2.82 bits per heavy atom. The molecule has 0 unspecified atom stereocenters. The third-order valence-electron chi connectivity index (χ3n) is 4.98. The van der Waals surface area contributed by atoms with Crippen molar-refractivity contribution in [3.63, 3.8) is 0 Å². The third-order valence-corrected chi connectivity index (χ3v) is 4.98. The van der Waals surface area contributed by atoms with Crippen molar-refractivity contribution < 1.29 is 9.53 Å². The zero-order valence-corrected chi connectivity index (χ0v) is 16.1. The molecular weight excluding hydrogens is 356 g/mol. The second kappa shape index (κ2) is 7.85. The molecule has 3 aromatic rings. The Hall–Kier alpha value is -3.13. The first-order valence-corrected chi connectivity index (χ1v) is 9.39. The number of carbonyl (C=O) groups is 1. The number of carbonyl (C=O) groups excluding carboxylic acids is 1. The lowest BCUT2D eigenvalue weighted by atomic mass is 10.1. The quantitative estimate of drug-likeness (QED) is 0.710. The van der Waals surface area contributed by atoms with Crippen LogP contribution in [0.4, 0.5) is 5.69 Å². The molecule has 28 heavy (non-hydrogen) atoms. The largest absolute Gasteiger partial charge is 0.496 e. The maximum absolute atomic E-state index is 13.0. The molecule has 1 amide bonds. The Morgan fingerprint density at radius 2 is 2.04 bits per heavy atom. The van der Waals surface area contributed by atoms with Gasteiger partial charge in [0, 0.05) is 25.0 Å². The fourth-order valence-corrected chi connectivity index (χ4v) is 3.57. The van der Waals surface area contributed by atoms with Crippen LogP contribution >= 0.6 is 0 Å². The normalized spacial score (nSPS) is 14.8. The number of benzene rings is 1. The van der Waals surface area contributed by atoms with E-state index < -0.39 is 0 Å². The molecule has 0 aliphatic carbocycles. The van der Waals surface area contributed by atoms with Crippen LogP contribution < -0.4 is 15.4 Å². The van der Waals surface area contributed by atoms with Gasteiger partial charge in [-0.05, 0) is 38.1 Å². The van der Waals surface area contributed by atoms with Gasteiger partial charge in [0.15, 0.2) is 0 Å². The van der Waals surface area contributed by atoms with Crippen LogP contribution in [-0.4, -0.2) is 45.7 Å². The molecule has 0 spiro atoms. The number of para-hydroxylation sites is 1. The van der Waals surface area contributed by atoms with E-state index in [1.54, 1.807) is 31.2 Å². The van der Waals surface area contributed by atoms with Crippen molar-refractivity contribution in [2.75, 3.05) is 25.5 Å². The van der Waals surface area contributed by atoms with Gasteiger partial charge in [-0.2, -0.15) is 10.2 Å². The molecule has 1 aliphatic rings. The topological polar surface area (TPSA) is 86.0 Å². The summed E-state index contributed by atoms with van der Waals surface area (Å²) < 4.78 is 9.01. The molecule has 1 saturated heterocycles. The summed E-state index contributed by atoms with van der Waals surface area (Å²) in [5.41, 5.74) is 2.53. The smallest absolute Gasteiger partial charge is 0.259 e. The van der Waals surface area contributed by atoms with Crippen LogP contribution in [0.25, 0.3) is 11.3 Å². The van der Waals surface area contributed by atoms with Crippen LogP contribution in [-0.2, 0) is 7.05 Å². The number of rotatable bonds is 5. The second-order valence-corrected chi connectivity index (χ2v) is 6.91. The van der Waals surface area contributed by atoms with E-state index in [0.29, 0.717) is 28.7 Å². The van der Waals surface area contributed by atoms with Gasteiger partial charge in [-0.1, -0.05) is 12.1 Å². The molecule has 0 bridgehead atoms. The number of ether oxygens (including phenoxy) is 1. The van der Waals surface area contributed by atoms with Gasteiger partial charge >= 0.3 is 0 Å². The summed E-state index contributed by atoms with van der Waals surface area (Å²) in [6, 6.07) is 7.91. The van der Waals surface area contributed by atoms with E-state index in [-0.39, 0.29) is 5.91 Å². The summed E-state index contributed by atoms with van der Waals surface area (Å²) >= 11 is 0. The van der Waals surface area contributed by atoms with Gasteiger partial charge in [-0.25, -0.2) is 0 Å². The highest BCUT2D eigenvalue weighted by atomic mass is 16.5. The van der Waals surface area contributed by atoms with E-state index in [4.69, 9.17) is 4.74 Å². The second-order valence-electron chi connectivity index (χ2n) is 6.91. The van der Waals surface area contributed by atoms with Crippen molar-refractivity contribution in [3.05, 3.63) is 48.4 Å². The van der Waals surface area contributed by atoms with Crippen molar-refractivity contribution in [2.45, 2.75) is 18.9 Å². The molecule has 0 atom stereocenters. The first kappa shape index (κ1) is 18.2. The Labute approximate surface area is 163 Å². The highest BCUT2D eigenvalue weighted by Crippen LogP contribution is 2.31. The molecule has 1 aromatic carbocycles. The number of aryl methyl sites for hydroxylation is 1. The van der Waals surface area contributed by atoms with Gasteiger partial charge in [0.2, 0.25) is 0 Å². The SMILES string of the molecule is COc1ccccc1-c1nn(C)cc1C(=O)Nc1cnn(C2CCNCC2)c1. The zero-order chi connectivity index (χ0) is 19.5. The minimum Gasteiger partial charge on any atom is -0.496 e. The van der Waals surface area contributed by atoms with Crippen LogP contribution in [0.1, 0.15) is 29.2 Å². The Bertz CT molecular complexity index is 971. The fourth-order valence-electron chi connectivity index (χ4n) is 3.57. The van der Waals surface area contributed by atoms with Gasteiger partial charge < -0.3 is 15.4 Å². The van der Waals surface area contributed by atoms with E-state index in [2.05, 4.69) is 20.8 Å². The molecule has 0 radical (unpaired) electrons. The minimum atomic E-state index is -0.223. The molecule has 2 aromatic heterocycles. The van der Waals surface area contributed by atoms with Gasteiger partial charge in [-0.3, -0.25) is 14.2 Å². The van der Waals surface area contributed by atoms with Crippen molar-refractivity contribution in [2.24, 2.45) is 7.05 Å². The number of piperidine rings is 1. The van der Waals surface area contributed by atoms with E-state index in [1.807, 2.05) is 35.1 Å². The summed E-state index contributed by atoms with van der Waals surface area (Å²) in [7, 11) is 3.40. The number of anilines is 1. The average molecular weight is 380 g/mol. The highest BCUT2D eigenvalue weighted by molar-refractivity contribution is 6.08. The van der Waals surface area contributed by atoms with Gasteiger partial charge in [0.05, 0.1) is 30.6 Å². The summed E-state index contributed by atoms with van der Waals surface area (Å²) in [5, 5.41) is 15.2. The molecular formula is C20H24N6O2. The van der Waals surface area contributed by atoms with Crippen LogP contribution in [0.2, 0.25) is 0 Å². The van der Waals surface area contributed by atoms with Crippen LogP contribution in [0.15, 0.2) is 42.9 Å². The lowest BCUT2D eigenvalue weighted by Crippen LogP contribution is -2.29. The van der Waals surface area contributed by atoms with E-state index in [0.717, 1.165) is 31.5 Å². The molecule has 0 saturated carbocycles. The Morgan fingerprint density at radius 1 is 1.25 bits per heavy atom. The van der Waals surface area contributed by atoms with Crippen molar-refractivity contribution in [1.82, 2.24) is 24.9 Å². The zero-order valence-electron chi connectivity index (χ0n) is 16.1. The predicted octanol–water partition coefficient (Wildman–Crippen LogP) is 2.47. The van der Waals surface area contributed by atoms with E-state index >= 15 is 0 Å². The molecule has 1 aliphatic heterocycles. The first-order chi connectivity index (χ1) is 13.7. The van der Waals surface area contributed by atoms with Gasteiger partial charge in [0.1, 0.15) is 11.4 Å². The number of methoxy groups -OCH3 is 1. The van der Waals surface area contributed by atoms with Crippen LogP contribution in [0, 0.1) is 0 Å². The van der Waals surface area contributed by atoms with E-state index in [1.165, 1.54) is 0 Å². The van der Waals surface area contributed by atoms with Crippen molar-refractivity contribution in [1.29, 1.82) is 0 Å². The molecule has 4 rings (SSSR count). The van der Waals surface area contributed by atoms with Gasteiger partial charge in [-0.15, -0.1) is 0 Å². The monoisotopic (exact) mass is 380 g/mol. The maximum atomic E-state index is 13.0. The van der Waals surface area contributed by atoms with Crippen LogP contribution in [0.5, 0.6) is 5.75 Å². The third kappa shape index (κ3) is 3.63. The lowest BCUT2D eigenvalue weighted by Gasteiger charge is -2.22. The number of nitrogens with one attached hydrogen (secondary N) is 2. The standard InChI is InChI=1S/C20H24N6O2/c1-25-13-17(19(24-25)16-5-3-4-6-18(16)28-2)20(27)23-14-11-22-26(12-14)15-7-9-21-10-8-15/h3-6,11-13,15,21H,7-10H2,1-2H3,(H,23,27).